The topological polar surface area (TPSA) is 108 Å². The van der Waals surface area contributed by atoms with Gasteiger partial charge in [0.15, 0.2) is 0 Å². The third-order valence-corrected chi connectivity index (χ3v) is 27.0. The van der Waals surface area contributed by atoms with Gasteiger partial charge in [0.1, 0.15) is 46.9 Å². The fraction of sp³-hybridized carbons (Fsp3) is 0.412. The van der Waals surface area contributed by atoms with Crippen molar-refractivity contribution in [1.82, 2.24) is 0 Å². The number of hydrogen-bond donors (Lipinski definition) is 0. The molecule has 0 N–H and O–H groups in total. The molecule has 0 aliphatic carbocycles. The molecule has 10 nitrogen and oxygen atoms in total. The molecule has 10 rings (SSSR count). The Kier molecular flexibility index (Phi) is 25.2. The maximum Gasteiger partial charge on any atom is 0.264 e. The van der Waals surface area contributed by atoms with Crippen molar-refractivity contribution in [2.45, 2.75) is 240 Å². The van der Waals surface area contributed by atoms with Gasteiger partial charge in [0.05, 0.1) is 28.4 Å². The van der Waals surface area contributed by atoms with Gasteiger partial charge in [0.25, 0.3) is 14.7 Å². The summed E-state index contributed by atoms with van der Waals surface area (Å²) >= 11 is 0. The highest BCUT2D eigenvalue weighted by atomic mass is 31.2. The van der Waals surface area contributed by atoms with E-state index in [0.29, 0.717) is 60.9 Å². The number of ether oxygens (including phenoxy) is 6. The van der Waals surface area contributed by atoms with Crippen LogP contribution in [-0.4, -0.2) is 46.9 Å². The number of benzene rings is 10. The lowest BCUT2D eigenvalue weighted by atomic mass is 9.79. The molecule has 606 valence electrons. The standard InChI is InChI=1S/C102H128O10P2/c1-69(110-113(103,76-60-80(92(2,3)4)88(105-26)81(61-76)93(5,6)7)77-62-82(94(8,9)10)89(106-27)83(63-77)95(11,12)13)100(111-102(73-54-42-33-43-55-73,74-56-44-34-45-57-74)75-58-46-35-47-59-75,68-109-101(70-48-36-30-37-49-70,71-50-38-31-39-51-71)72-52-40-32-41-53-72)112-114(104,78-64-84(96(14,15)16)90(107-28)85(65-78)97(17,18)19)79-66-86(98(20,21)22)91(108-29)87(67-79)99(23,24)25/h30-67,69H,68H2,1-29H3/t69-,100-/m1/s1. The van der Waals surface area contributed by atoms with Gasteiger partial charge in [-0.1, -0.05) is 348 Å². The van der Waals surface area contributed by atoms with Gasteiger partial charge in [0.2, 0.25) is 5.79 Å². The normalized spacial score (nSPS) is 14.1. The monoisotopic (exact) mass is 1570 g/mol. The Morgan fingerprint density at radius 2 is 0.456 bits per heavy atom. The fourth-order valence-corrected chi connectivity index (χ4v) is 20.5. The van der Waals surface area contributed by atoms with Crippen LogP contribution in [0.15, 0.2) is 231 Å². The molecule has 0 radical (unpaired) electrons. The molecule has 0 spiro atoms. The molecule has 10 aromatic rings. The summed E-state index contributed by atoms with van der Waals surface area (Å²) in [7, 11) is -3.08. The maximum absolute atomic E-state index is 20.2. The maximum atomic E-state index is 20.2. The second-order valence-electron chi connectivity index (χ2n) is 39.0. The van der Waals surface area contributed by atoms with E-state index in [0.717, 1.165) is 61.2 Å². The lowest BCUT2D eigenvalue weighted by Gasteiger charge is -2.50. The smallest absolute Gasteiger partial charge is 0.264 e. The molecular formula is C102H128O10P2. The van der Waals surface area contributed by atoms with Crippen molar-refractivity contribution in [3.05, 3.63) is 308 Å². The van der Waals surface area contributed by atoms with Crippen LogP contribution in [0.3, 0.4) is 0 Å². The van der Waals surface area contributed by atoms with Gasteiger partial charge < -0.3 is 32.9 Å². The summed E-state index contributed by atoms with van der Waals surface area (Å²) in [4.78, 5) is 0. The average Bonchev–Trinajstić information content (AvgIpc) is 0.710. The van der Waals surface area contributed by atoms with E-state index < -0.39 is 87.8 Å². The third kappa shape index (κ3) is 17.5. The Bertz CT molecular complexity index is 4570. The molecule has 0 unspecified atom stereocenters. The first kappa shape index (κ1) is 88.1. The van der Waals surface area contributed by atoms with Gasteiger partial charge in [0, 0.05) is 65.7 Å². The lowest BCUT2D eigenvalue weighted by molar-refractivity contribution is -0.293. The highest BCUT2D eigenvalue weighted by molar-refractivity contribution is 7.74. The third-order valence-electron chi connectivity index (χ3n) is 22.0. The fourth-order valence-electron chi connectivity index (χ4n) is 15.8. The van der Waals surface area contributed by atoms with Crippen molar-refractivity contribution in [3.63, 3.8) is 0 Å². The molecule has 0 aliphatic rings. The van der Waals surface area contributed by atoms with Crippen molar-refractivity contribution in [2.75, 3.05) is 35.0 Å². The van der Waals surface area contributed by atoms with Crippen LogP contribution in [0.1, 0.15) is 251 Å². The summed E-state index contributed by atoms with van der Waals surface area (Å²) in [6, 6.07) is 77.2. The first-order valence-electron chi connectivity index (χ1n) is 40.2. The zero-order chi connectivity index (χ0) is 84.0. The molecule has 0 saturated carbocycles. The Morgan fingerprint density at radius 3 is 0.640 bits per heavy atom. The van der Waals surface area contributed by atoms with Crippen LogP contribution in [0.2, 0.25) is 0 Å². The Balaban J connectivity index is 1.55. The van der Waals surface area contributed by atoms with Crippen LogP contribution in [0, 0.1) is 0 Å². The number of hydrogen-bond acceptors (Lipinski definition) is 10. The summed E-state index contributed by atoms with van der Waals surface area (Å²) < 4.78 is 101. The van der Waals surface area contributed by atoms with Crippen molar-refractivity contribution in [2.24, 2.45) is 0 Å². The van der Waals surface area contributed by atoms with E-state index in [9.17, 15) is 0 Å². The zero-order valence-electron chi connectivity index (χ0n) is 73.7. The summed E-state index contributed by atoms with van der Waals surface area (Å²) in [5.41, 5.74) is 2.61. The Morgan fingerprint density at radius 1 is 0.272 bits per heavy atom. The predicted molar refractivity (Wildman–Crippen MR) is 475 cm³/mol. The van der Waals surface area contributed by atoms with Crippen molar-refractivity contribution in [1.29, 1.82) is 0 Å². The molecule has 114 heavy (non-hydrogen) atoms. The molecule has 0 amide bonds. The van der Waals surface area contributed by atoms with Gasteiger partial charge in [-0.3, -0.25) is 13.7 Å². The molecule has 0 aliphatic heterocycles. The second-order valence-corrected chi connectivity index (χ2v) is 43.7. The summed E-state index contributed by atoms with van der Waals surface area (Å²) in [6.45, 7) is 52.9. The Hall–Kier alpha value is -8.30. The van der Waals surface area contributed by atoms with Crippen molar-refractivity contribution >= 4 is 36.0 Å². The Labute approximate surface area is 684 Å². The van der Waals surface area contributed by atoms with Crippen LogP contribution < -0.4 is 40.2 Å². The lowest BCUT2D eigenvalue weighted by Crippen LogP contribution is -2.58. The molecule has 0 heterocycles. The van der Waals surface area contributed by atoms with Crippen LogP contribution in [-0.2, 0) is 82.2 Å². The van der Waals surface area contributed by atoms with Gasteiger partial charge >= 0.3 is 0 Å². The van der Waals surface area contributed by atoms with Gasteiger partial charge in [-0.2, -0.15) is 0 Å². The first-order valence-corrected chi connectivity index (χ1v) is 43.5. The van der Waals surface area contributed by atoms with Crippen LogP contribution >= 0.6 is 14.7 Å². The minimum atomic E-state index is -5.07. The van der Waals surface area contributed by atoms with Gasteiger partial charge in [-0.25, -0.2) is 0 Å². The molecule has 10 aromatic carbocycles. The first-order chi connectivity index (χ1) is 53.0. The van der Waals surface area contributed by atoms with E-state index in [1.54, 1.807) is 28.4 Å². The average molecular weight is 1580 g/mol. The summed E-state index contributed by atoms with van der Waals surface area (Å²) in [6.07, 6.45) is -1.63. The minimum absolute atomic E-state index is 0.344. The quantitative estimate of drug-likeness (QED) is 0.0330. The highest BCUT2D eigenvalue weighted by Gasteiger charge is 2.59. The predicted octanol–water partition coefficient (Wildman–Crippen LogP) is 24.4. The number of rotatable bonds is 24. The minimum Gasteiger partial charge on any atom is -0.496 e. The van der Waals surface area contributed by atoms with Crippen molar-refractivity contribution in [3.8, 4) is 23.0 Å². The summed E-state index contributed by atoms with van der Waals surface area (Å²) in [5, 5.41) is 1.47. The number of methoxy groups -OCH3 is 4. The van der Waals surface area contributed by atoms with Crippen LogP contribution in [0.5, 0.6) is 23.0 Å². The molecule has 0 aromatic heterocycles. The van der Waals surface area contributed by atoms with E-state index in [2.05, 4.69) is 239 Å². The van der Waals surface area contributed by atoms with Gasteiger partial charge in [-0.15, -0.1) is 0 Å². The second kappa shape index (κ2) is 32.6. The summed E-state index contributed by atoms with van der Waals surface area (Å²) in [5.74, 6) is 0.0910. The van der Waals surface area contributed by atoms with E-state index in [1.807, 2.05) is 165 Å². The van der Waals surface area contributed by atoms with E-state index >= 15 is 9.13 Å². The largest absolute Gasteiger partial charge is 0.496 e. The van der Waals surface area contributed by atoms with Gasteiger partial charge in [-0.05, 0) is 132 Å². The molecule has 0 bridgehead atoms. The van der Waals surface area contributed by atoms with Crippen LogP contribution in [0.25, 0.3) is 0 Å². The van der Waals surface area contributed by atoms with Crippen molar-refractivity contribution < 1.29 is 46.6 Å². The molecule has 0 saturated heterocycles. The highest BCUT2D eigenvalue weighted by Crippen LogP contribution is 2.61. The van der Waals surface area contributed by atoms with Crippen LogP contribution in [0.4, 0.5) is 0 Å². The molecule has 0 fully saturated rings. The molecular weight excluding hydrogens is 1450 g/mol. The molecule has 12 heteroatoms. The SMILES string of the molecule is COc1c(C(C)(C)C)cc(P(=O)(O[C@H](C)[C@](COC(c2ccccc2)(c2ccccc2)c2ccccc2)(OC(c2ccccc2)(c2ccccc2)c2ccccc2)OP(=O)(c2cc(C(C)(C)C)c(OC)c(C(C)(C)C)c2)c2cc(C(C)(C)C)c(OC)c(C(C)(C)C)c2)c2cc(C(C)(C)C)c(OC)c(C(C)(C)C)c2)cc1C(C)(C)C. The van der Waals surface area contributed by atoms with E-state index in [-0.39, 0.29) is 0 Å². The van der Waals surface area contributed by atoms with E-state index in [1.165, 1.54) is 0 Å². The van der Waals surface area contributed by atoms with E-state index in [4.69, 9.17) is 37.5 Å². The zero-order valence-corrected chi connectivity index (χ0v) is 75.5. The molecule has 2 atom stereocenters.